The first-order valence-electron chi connectivity index (χ1n) is 6.30. The van der Waals surface area contributed by atoms with Crippen molar-refractivity contribution in [1.82, 2.24) is 15.1 Å². The van der Waals surface area contributed by atoms with E-state index in [2.05, 4.69) is 10.2 Å². The van der Waals surface area contributed by atoms with Gasteiger partial charge in [-0.25, -0.2) is 4.79 Å². The Balaban J connectivity index is 2.08. The fourth-order valence-corrected chi connectivity index (χ4v) is 2.19. The number of nitrogens with zero attached hydrogens (tertiary/aromatic N) is 2. The molecule has 0 aromatic rings. The van der Waals surface area contributed by atoms with Gasteiger partial charge in [-0.15, -0.1) is 0 Å². The molecule has 2 rings (SSSR count). The van der Waals surface area contributed by atoms with Crippen LogP contribution in [0.15, 0.2) is 0 Å². The van der Waals surface area contributed by atoms with Crippen LogP contribution in [-0.2, 0) is 14.3 Å². The maximum absolute atomic E-state index is 12.2. The van der Waals surface area contributed by atoms with Crippen molar-refractivity contribution in [1.29, 1.82) is 0 Å². The number of barbiturate groups is 1. The first kappa shape index (κ1) is 14.0. The normalized spacial score (nSPS) is 28.5. The molecule has 0 aromatic heterocycles. The molecule has 2 aliphatic heterocycles. The second-order valence-corrected chi connectivity index (χ2v) is 5.56. The van der Waals surface area contributed by atoms with Gasteiger partial charge in [0.05, 0.1) is 19.3 Å². The van der Waals surface area contributed by atoms with E-state index >= 15 is 0 Å². The van der Waals surface area contributed by atoms with Crippen LogP contribution < -0.4 is 5.32 Å². The Bertz CT molecular complexity index is 421. The molecule has 4 amide bonds. The molecule has 0 saturated carbocycles. The minimum atomic E-state index is -1.21. The van der Waals surface area contributed by atoms with Crippen LogP contribution in [0.4, 0.5) is 4.79 Å². The molecule has 1 atom stereocenters. The largest absolute Gasteiger partial charge is 0.374 e. The lowest BCUT2D eigenvalue weighted by molar-refractivity contribution is -0.150. The molecular weight excluding hydrogens is 250 g/mol. The van der Waals surface area contributed by atoms with E-state index in [0.29, 0.717) is 13.2 Å². The summed E-state index contributed by atoms with van der Waals surface area (Å²) in [4.78, 5) is 38.7. The predicted octanol–water partition coefficient (Wildman–Crippen LogP) is -0.578. The molecule has 2 aliphatic rings. The average molecular weight is 269 g/mol. The van der Waals surface area contributed by atoms with Crippen LogP contribution >= 0.6 is 0 Å². The molecule has 7 heteroatoms. The van der Waals surface area contributed by atoms with Gasteiger partial charge in [-0.05, 0) is 20.9 Å². The van der Waals surface area contributed by atoms with Gasteiger partial charge in [0.2, 0.25) is 11.8 Å². The second-order valence-electron chi connectivity index (χ2n) is 5.56. The van der Waals surface area contributed by atoms with Crippen LogP contribution in [0.2, 0.25) is 0 Å². The van der Waals surface area contributed by atoms with Crippen LogP contribution in [0.25, 0.3) is 0 Å². The number of ether oxygens (including phenoxy) is 1. The smallest absolute Gasteiger partial charge is 0.330 e. The summed E-state index contributed by atoms with van der Waals surface area (Å²) in [5.41, 5.74) is -1.21. The van der Waals surface area contributed by atoms with E-state index in [1.807, 2.05) is 7.05 Å². The maximum atomic E-state index is 12.2. The Kier molecular flexibility index (Phi) is 3.60. The molecule has 19 heavy (non-hydrogen) atoms. The van der Waals surface area contributed by atoms with E-state index in [0.717, 1.165) is 11.4 Å². The van der Waals surface area contributed by atoms with Gasteiger partial charge in [0.25, 0.3) is 0 Å². The molecule has 106 valence electrons. The van der Waals surface area contributed by atoms with Crippen molar-refractivity contribution in [2.45, 2.75) is 20.0 Å². The molecule has 2 saturated heterocycles. The van der Waals surface area contributed by atoms with Crippen LogP contribution in [0, 0.1) is 5.41 Å². The van der Waals surface area contributed by atoms with Crippen LogP contribution in [0.3, 0.4) is 0 Å². The summed E-state index contributed by atoms with van der Waals surface area (Å²) in [7, 11) is 1.96. The molecule has 2 fully saturated rings. The third kappa shape index (κ3) is 2.62. The van der Waals surface area contributed by atoms with Crippen molar-refractivity contribution in [3.8, 4) is 0 Å². The molecule has 1 unspecified atom stereocenters. The molecule has 0 aliphatic carbocycles. The quantitative estimate of drug-likeness (QED) is 0.679. The predicted molar refractivity (Wildman–Crippen MR) is 66.3 cm³/mol. The number of carbonyl (C=O) groups excluding carboxylic acids is 3. The number of likely N-dealkylation sites (N-methyl/N-ethyl adjacent to an activating group) is 1. The van der Waals surface area contributed by atoms with Gasteiger partial charge in [-0.3, -0.25) is 19.8 Å². The summed E-state index contributed by atoms with van der Waals surface area (Å²) < 4.78 is 5.54. The van der Waals surface area contributed by atoms with Crippen molar-refractivity contribution >= 4 is 17.8 Å². The standard InChI is InChI=1S/C12H19N3O4/c1-12(2)9(16)13-11(18)15(10(12)17)7-8-6-14(3)4-5-19-8/h8H,4-7H2,1-3H3,(H,13,16,18). The number of urea groups is 1. The summed E-state index contributed by atoms with van der Waals surface area (Å²) in [5.74, 6) is -1.03. The number of carbonyl (C=O) groups is 3. The Labute approximate surface area is 111 Å². The number of rotatable bonds is 2. The molecule has 0 bridgehead atoms. The van der Waals surface area contributed by atoms with Gasteiger partial charge in [0, 0.05) is 13.1 Å². The topological polar surface area (TPSA) is 79.0 Å². The monoisotopic (exact) mass is 269 g/mol. The lowest BCUT2D eigenvalue weighted by Gasteiger charge is -2.38. The highest BCUT2D eigenvalue weighted by Gasteiger charge is 2.47. The van der Waals surface area contributed by atoms with E-state index in [1.165, 1.54) is 13.8 Å². The average Bonchev–Trinajstić information content (AvgIpc) is 2.33. The number of amides is 4. The lowest BCUT2D eigenvalue weighted by Crippen LogP contribution is -2.63. The molecule has 7 nitrogen and oxygen atoms in total. The van der Waals surface area contributed by atoms with Gasteiger partial charge in [-0.1, -0.05) is 0 Å². The minimum Gasteiger partial charge on any atom is -0.374 e. The number of imide groups is 2. The van der Waals surface area contributed by atoms with Crippen LogP contribution in [-0.4, -0.2) is 67.0 Å². The zero-order valence-corrected chi connectivity index (χ0v) is 11.4. The zero-order valence-electron chi connectivity index (χ0n) is 11.4. The number of hydrogen-bond donors (Lipinski definition) is 1. The summed E-state index contributed by atoms with van der Waals surface area (Å²) in [6.07, 6.45) is -0.211. The minimum absolute atomic E-state index is 0.172. The van der Waals surface area contributed by atoms with E-state index in [1.54, 1.807) is 0 Å². The maximum Gasteiger partial charge on any atom is 0.330 e. The molecule has 0 radical (unpaired) electrons. The summed E-state index contributed by atoms with van der Waals surface area (Å²) in [5, 5.41) is 2.21. The first-order chi connectivity index (χ1) is 8.82. The Morgan fingerprint density at radius 2 is 2.05 bits per heavy atom. The highest BCUT2D eigenvalue weighted by molar-refractivity contribution is 6.18. The lowest BCUT2D eigenvalue weighted by atomic mass is 9.88. The van der Waals surface area contributed by atoms with Gasteiger partial charge >= 0.3 is 6.03 Å². The third-order valence-electron chi connectivity index (χ3n) is 3.54. The molecular formula is C12H19N3O4. The first-order valence-corrected chi connectivity index (χ1v) is 6.30. The number of morpholine rings is 1. The molecule has 1 N–H and O–H groups in total. The van der Waals surface area contributed by atoms with Crippen molar-refractivity contribution < 1.29 is 19.1 Å². The van der Waals surface area contributed by atoms with Gasteiger partial charge < -0.3 is 9.64 Å². The van der Waals surface area contributed by atoms with E-state index < -0.39 is 23.3 Å². The number of nitrogens with one attached hydrogen (secondary N) is 1. The van der Waals surface area contributed by atoms with Crippen molar-refractivity contribution in [3.05, 3.63) is 0 Å². The second kappa shape index (κ2) is 4.90. The van der Waals surface area contributed by atoms with Crippen molar-refractivity contribution in [3.63, 3.8) is 0 Å². The van der Waals surface area contributed by atoms with Crippen molar-refractivity contribution in [2.75, 3.05) is 33.3 Å². The van der Waals surface area contributed by atoms with Crippen LogP contribution in [0.5, 0.6) is 0 Å². The van der Waals surface area contributed by atoms with E-state index in [4.69, 9.17) is 4.74 Å². The fraction of sp³-hybridized carbons (Fsp3) is 0.750. The highest BCUT2D eigenvalue weighted by atomic mass is 16.5. The van der Waals surface area contributed by atoms with E-state index in [9.17, 15) is 14.4 Å². The Hall–Kier alpha value is -1.47. The Morgan fingerprint density at radius 1 is 1.37 bits per heavy atom. The molecule has 0 spiro atoms. The zero-order chi connectivity index (χ0) is 14.2. The molecule has 0 aromatic carbocycles. The SMILES string of the molecule is CN1CCOC(CN2C(=O)NC(=O)C(C)(C)C2=O)C1. The summed E-state index contributed by atoms with van der Waals surface area (Å²) in [6.45, 7) is 5.26. The Morgan fingerprint density at radius 3 is 2.68 bits per heavy atom. The fourth-order valence-electron chi connectivity index (χ4n) is 2.19. The van der Waals surface area contributed by atoms with Gasteiger partial charge in [-0.2, -0.15) is 0 Å². The number of hydrogen-bond acceptors (Lipinski definition) is 5. The molecule has 2 heterocycles. The highest BCUT2D eigenvalue weighted by Crippen LogP contribution is 2.24. The summed E-state index contributed by atoms with van der Waals surface area (Å²) >= 11 is 0. The van der Waals surface area contributed by atoms with E-state index in [-0.39, 0.29) is 12.6 Å². The summed E-state index contributed by atoms with van der Waals surface area (Å²) in [6, 6.07) is -0.661. The van der Waals surface area contributed by atoms with Crippen LogP contribution in [0.1, 0.15) is 13.8 Å². The van der Waals surface area contributed by atoms with Gasteiger partial charge in [0.15, 0.2) is 0 Å². The van der Waals surface area contributed by atoms with Gasteiger partial charge in [0.1, 0.15) is 5.41 Å². The third-order valence-corrected chi connectivity index (χ3v) is 3.54. The van der Waals surface area contributed by atoms with Crippen molar-refractivity contribution in [2.24, 2.45) is 5.41 Å².